The van der Waals surface area contributed by atoms with Crippen LogP contribution in [-0.4, -0.2) is 72.0 Å². The average Bonchev–Trinajstić information content (AvgIpc) is 3.14. The summed E-state index contributed by atoms with van der Waals surface area (Å²) in [5, 5.41) is 86.9. The molecule has 12 nitrogen and oxygen atoms in total. The molecule has 0 aliphatic carbocycles. The molecule has 0 aliphatic rings. The zero-order valence-electron chi connectivity index (χ0n) is 29.8. The summed E-state index contributed by atoms with van der Waals surface area (Å²) in [6, 6.07) is 19.2. The highest BCUT2D eigenvalue weighted by Gasteiger charge is 2.33. The number of esters is 1. The van der Waals surface area contributed by atoms with Crippen molar-refractivity contribution in [1.29, 1.82) is 0 Å². The number of benzene rings is 5. The highest BCUT2D eigenvalue weighted by molar-refractivity contribution is 6.05. The monoisotopic (exact) mass is 737 g/mol. The number of hydrogen-bond acceptors (Lipinski definition) is 11. The molecule has 0 radical (unpaired) electrons. The molecule has 0 aliphatic heterocycles. The molecule has 5 aromatic rings. The molecular formula is C42H43NO11. The van der Waals surface area contributed by atoms with Crippen LogP contribution in [0.15, 0.2) is 84.9 Å². The third-order valence-electron chi connectivity index (χ3n) is 9.25. The van der Waals surface area contributed by atoms with Gasteiger partial charge in [-0.1, -0.05) is 51.0 Å². The number of fused-ring (bicyclic) bond motifs is 1. The minimum atomic E-state index is -1.71. The number of aromatic hydroxyl groups is 7. The van der Waals surface area contributed by atoms with Crippen LogP contribution in [0.1, 0.15) is 56.6 Å². The first-order valence-corrected chi connectivity index (χ1v) is 17.5. The van der Waals surface area contributed by atoms with Crippen LogP contribution >= 0.6 is 0 Å². The molecule has 0 saturated carbocycles. The van der Waals surface area contributed by atoms with Gasteiger partial charge >= 0.3 is 11.9 Å². The van der Waals surface area contributed by atoms with Crippen molar-refractivity contribution in [2.24, 2.45) is 0 Å². The van der Waals surface area contributed by atoms with Gasteiger partial charge in [0, 0.05) is 23.9 Å². The van der Waals surface area contributed by atoms with Gasteiger partial charge in [0.05, 0.1) is 0 Å². The Labute approximate surface area is 311 Å². The summed E-state index contributed by atoms with van der Waals surface area (Å²) >= 11 is 0. The normalized spacial score (nSPS) is 12.7. The summed E-state index contributed by atoms with van der Waals surface area (Å²) in [4.78, 5) is 26.3. The van der Waals surface area contributed by atoms with E-state index < -0.39 is 52.7 Å². The second-order valence-corrected chi connectivity index (χ2v) is 13.0. The summed E-state index contributed by atoms with van der Waals surface area (Å²) < 4.78 is 5.63. The van der Waals surface area contributed by atoms with Crippen molar-refractivity contribution >= 4 is 28.3 Å². The quantitative estimate of drug-likeness (QED) is 0.0221. The van der Waals surface area contributed by atoms with E-state index in [-0.39, 0.29) is 23.4 Å². The van der Waals surface area contributed by atoms with Crippen molar-refractivity contribution in [2.75, 3.05) is 13.1 Å². The van der Waals surface area contributed by atoms with Gasteiger partial charge in [0.2, 0.25) is 6.10 Å². The fourth-order valence-corrected chi connectivity index (χ4v) is 6.48. The Hall–Kier alpha value is -6.40. The number of ether oxygens (including phenoxy) is 1. The molecule has 0 amide bonds. The minimum Gasteiger partial charge on any atom is -0.508 e. The highest BCUT2D eigenvalue weighted by atomic mass is 16.6. The van der Waals surface area contributed by atoms with Gasteiger partial charge in [-0.3, -0.25) is 0 Å². The summed E-state index contributed by atoms with van der Waals surface area (Å²) in [6.07, 6.45) is 2.02. The summed E-state index contributed by atoms with van der Waals surface area (Å²) in [6.45, 7) is 4.36. The van der Waals surface area contributed by atoms with Gasteiger partial charge in [0.1, 0.15) is 5.75 Å². The van der Waals surface area contributed by atoms with Gasteiger partial charge in [-0.2, -0.15) is 0 Å². The lowest BCUT2D eigenvalue weighted by molar-refractivity contribution is -0.162. The Morgan fingerprint density at radius 3 is 2.04 bits per heavy atom. The number of aliphatic carboxylic acids is 1. The lowest BCUT2D eigenvalue weighted by atomic mass is 9.89. The van der Waals surface area contributed by atoms with E-state index in [4.69, 9.17) is 4.74 Å². The maximum absolute atomic E-state index is 13.7. The number of carbonyl (C=O) groups is 2. The molecule has 2 atom stereocenters. The number of likely N-dealkylation sites (N-methyl/N-ethyl adjacent to an activating group) is 1. The zero-order chi connectivity index (χ0) is 39.1. The zero-order valence-corrected chi connectivity index (χ0v) is 29.8. The average molecular weight is 738 g/mol. The molecule has 5 aromatic carbocycles. The van der Waals surface area contributed by atoms with Crippen LogP contribution < -0.4 is 5.32 Å². The van der Waals surface area contributed by atoms with Crippen LogP contribution in [0.2, 0.25) is 0 Å². The molecule has 0 saturated heterocycles. The number of carboxylic acid groups (broad SMARTS) is 1. The van der Waals surface area contributed by atoms with Crippen molar-refractivity contribution in [3.63, 3.8) is 0 Å². The number of nitrogens with one attached hydrogen (secondary N) is 1. The van der Waals surface area contributed by atoms with Crippen molar-refractivity contribution in [3.05, 3.63) is 96.1 Å². The summed E-state index contributed by atoms with van der Waals surface area (Å²) in [5.74, 6) is -5.88. The maximum Gasteiger partial charge on any atom is 0.345 e. The van der Waals surface area contributed by atoms with E-state index in [1.165, 1.54) is 54.6 Å². The fourth-order valence-electron chi connectivity index (χ4n) is 6.48. The van der Waals surface area contributed by atoms with Crippen LogP contribution in [-0.2, 0) is 14.3 Å². The van der Waals surface area contributed by atoms with Gasteiger partial charge in [0.15, 0.2) is 34.5 Å². The molecule has 54 heavy (non-hydrogen) atoms. The predicted octanol–water partition coefficient (Wildman–Crippen LogP) is 7.47. The number of hydrogen-bond donors (Lipinski definition) is 9. The molecule has 0 unspecified atom stereocenters. The lowest BCUT2D eigenvalue weighted by Gasteiger charge is -2.25. The lowest BCUT2D eigenvalue weighted by Crippen LogP contribution is -2.38. The van der Waals surface area contributed by atoms with E-state index in [9.17, 15) is 50.4 Å². The Morgan fingerprint density at radius 1 is 0.722 bits per heavy atom. The Kier molecular flexibility index (Phi) is 12.2. The van der Waals surface area contributed by atoms with Gasteiger partial charge in [-0.05, 0) is 118 Å². The van der Waals surface area contributed by atoms with E-state index in [0.717, 1.165) is 12.8 Å². The Bertz CT molecular complexity index is 2210. The van der Waals surface area contributed by atoms with Gasteiger partial charge in [-0.15, -0.1) is 0 Å². The summed E-state index contributed by atoms with van der Waals surface area (Å²) in [5.41, 5.74) is 3.06. The second kappa shape index (κ2) is 17.0. The number of carbonyl (C=O) groups excluding carboxylic acids is 1. The van der Waals surface area contributed by atoms with Crippen molar-refractivity contribution in [1.82, 2.24) is 5.32 Å². The van der Waals surface area contributed by atoms with Gasteiger partial charge in [0.25, 0.3) is 0 Å². The molecule has 0 spiro atoms. The van der Waals surface area contributed by atoms with Crippen LogP contribution in [0, 0.1) is 0 Å². The largest absolute Gasteiger partial charge is 0.508 e. The van der Waals surface area contributed by atoms with Crippen molar-refractivity contribution < 1.29 is 55.2 Å². The predicted molar refractivity (Wildman–Crippen MR) is 204 cm³/mol. The van der Waals surface area contributed by atoms with Crippen LogP contribution in [0.25, 0.3) is 38.6 Å². The van der Waals surface area contributed by atoms with E-state index in [1.54, 1.807) is 30.3 Å². The molecule has 5 rings (SSSR count). The SMILES string of the molecule is CCCCC/C(=C\C(=O)O[C@@H](C(=O)O)[C@H](CNCC)c1ccc(O)c(O)c1)c1cc(O)c(O)c2ccc(-c3cc(O)c(O)cc3-c3cccc(O)c3)cc12. The number of allylic oxidation sites excluding steroid dienone is 1. The smallest absolute Gasteiger partial charge is 0.345 e. The maximum atomic E-state index is 13.7. The number of unbranched alkanes of at least 4 members (excludes halogenated alkanes) is 2. The van der Waals surface area contributed by atoms with Crippen molar-refractivity contribution in [3.8, 4) is 62.5 Å². The molecule has 0 heterocycles. The van der Waals surface area contributed by atoms with E-state index in [0.29, 0.717) is 63.7 Å². The Morgan fingerprint density at radius 2 is 1.41 bits per heavy atom. The summed E-state index contributed by atoms with van der Waals surface area (Å²) in [7, 11) is 0. The molecule has 9 N–H and O–H groups in total. The van der Waals surface area contributed by atoms with E-state index in [1.807, 2.05) is 13.8 Å². The van der Waals surface area contributed by atoms with Crippen LogP contribution in [0.3, 0.4) is 0 Å². The van der Waals surface area contributed by atoms with E-state index in [2.05, 4.69) is 5.32 Å². The molecule has 0 bridgehead atoms. The number of carboxylic acids is 1. The standard InChI is InChI=1S/C42H43NO11/c1-3-5-6-8-24(18-39(50)54-41(42(52)53)33(22-43-4-2)26-12-14-34(45)35(46)17-26)31-21-38(49)40(51)28-13-11-25(16-32(28)31)30-20-37(48)36(47)19-29(30)23-9-7-10-27(44)15-23/h7,9-21,33,41,43-49,51H,3-6,8,22H2,1-2H3,(H,52,53)/b24-18+/t33-,41-/m1/s1. The first-order valence-electron chi connectivity index (χ1n) is 17.5. The number of rotatable bonds is 15. The minimum absolute atomic E-state index is 0.0137. The molecule has 0 fully saturated rings. The van der Waals surface area contributed by atoms with E-state index >= 15 is 0 Å². The molecule has 0 aromatic heterocycles. The molecule has 12 heteroatoms. The Balaban J connectivity index is 1.64. The molecule has 282 valence electrons. The first-order chi connectivity index (χ1) is 25.8. The third-order valence-corrected chi connectivity index (χ3v) is 9.25. The highest BCUT2D eigenvalue weighted by Crippen LogP contribution is 2.45. The molecular weight excluding hydrogens is 694 g/mol. The van der Waals surface area contributed by atoms with Crippen molar-refractivity contribution in [2.45, 2.75) is 51.6 Å². The number of phenols is 7. The van der Waals surface area contributed by atoms with Gasteiger partial charge < -0.3 is 50.9 Å². The van der Waals surface area contributed by atoms with Crippen LogP contribution in [0.5, 0.6) is 40.2 Å². The third kappa shape index (κ3) is 8.62. The van der Waals surface area contributed by atoms with Gasteiger partial charge in [-0.25, -0.2) is 9.59 Å². The second-order valence-electron chi connectivity index (χ2n) is 13.0. The first kappa shape index (κ1) is 38.8. The topological polar surface area (TPSA) is 217 Å². The number of phenolic OH excluding ortho intramolecular Hbond substituents is 7. The van der Waals surface area contributed by atoms with Crippen LogP contribution in [0.4, 0.5) is 0 Å². The fraction of sp³-hybridized carbons (Fsp3) is 0.238.